The van der Waals surface area contributed by atoms with E-state index in [1.165, 1.54) is 12.0 Å². The van der Waals surface area contributed by atoms with Crippen LogP contribution in [-0.2, 0) is 11.3 Å². The Bertz CT molecular complexity index is 270. The number of methoxy groups -OCH3 is 1. The highest BCUT2D eigenvalue weighted by Crippen LogP contribution is 2.12. The fraction of sp³-hybridized carbons (Fsp3) is 0.667. The second-order valence-corrected chi connectivity index (χ2v) is 3.89. The zero-order valence-electron chi connectivity index (χ0n) is 9.99. The van der Waals surface area contributed by atoms with Gasteiger partial charge in [-0.25, -0.2) is 0 Å². The summed E-state index contributed by atoms with van der Waals surface area (Å²) >= 11 is 0. The lowest BCUT2D eigenvalue weighted by Gasteiger charge is -2.09. The Balaban J connectivity index is 2.33. The molecule has 0 spiro atoms. The third kappa shape index (κ3) is 4.06. The molecule has 0 aliphatic heterocycles. The maximum Gasteiger partial charge on any atom is 0.0587 e. The van der Waals surface area contributed by atoms with Crippen LogP contribution >= 0.6 is 0 Å². The van der Waals surface area contributed by atoms with Crippen molar-refractivity contribution < 1.29 is 4.74 Å². The molecule has 0 saturated heterocycles. The molecule has 1 heterocycles. The smallest absolute Gasteiger partial charge is 0.0587 e. The van der Waals surface area contributed by atoms with E-state index in [0.717, 1.165) is 19.7 Å². The molecular weight excluding hydrogens is 188 g/mol. The monoisotopic (exact) mass is 210 g/mol. The molecule has 0 bridgehead atoms. The first-order valence-electron chi connectivity index (χ1n) is 5.64. The van der Waals surface area contributed by atoms with E-state index in [-0.39, 0.29) is 0 Å². The maximum atomic E-state index is 4.97. The minimum atomic E-state index is 0.595. The zero-order valence-corrected chi connectivity index (χ0v) is 9.99. The summed E-state index contributed by atoms with van der Waals surface area (Å²) < 4.78 is 7.24. The summed E-state index contributed by atoms with van der Waals surface area (Å²) in [6.45, 7) is 7.05. The number of nitrogens with one attached hydrogen (secondary N) is 1. The molecule has 0 aliphatic carbocycles. The molecule has 86 valence electrons. The third-order valence-electron chi connectivity index (χ3n) is 2.69. The Morgan fingerprint density at radius 3 is 3.00 bits per heavy atom. The Labute approximate surface area is 92.4 Å². The molecule has 0 amide bonds. The first kappa shape index (κ1) is 12.3. The van der Waals surface area contributed by atoms with Crippen LogP contribution in [0.5, 0.6) is 0 Å². The highest BCUT2D eigenvalue weighted by atomic mass is 16.5. The van der Waals surface area contributed by atoms with Crippen LogP contribution in [0.2, 0.25) is 0 Å². The van der Waals surface area contributed by atoms with E-state index in [0.29, 0.717) is 6.04 Å². The van der Waals surface area contributed by atoms with Gasteiger partial charge in [-0.3, -0.25) is 0 Å². The Morgan fingerprint density at radius 1 is 1.53 bits per heavy atom. The number of aromatic nitrogens is 1. The molecule has 1 rings (SSSR count). The number of ether oxygens (including phenoxy) is 1. The van der Waals surface area contributed by atoms with E-state index in [9.17, 15) is 0 Å². The molecule has 3 nitrogen and oxygen atoms in total. The Kier molecular flexibility index (Phi) is 5.43. The molecule has 0 aromatic carbocycles. The normalized spacial score (nSPS) is 13.0. The van der Waals surface area contributed by atoms with Crippen LogP contribution in [0.1, 0.15) is 31.9 Å². The van der Waals surface area contributed by atoms with Gasteiger partial charge in [-0.1, -0.05) is 6.92 Å². The van der Waals surface area contributed by atoms with Crippen LogP contribution in [0, 0.1) is 0 Å². The summed E-state index contributed by atoms with van der Waals surface area (Å²) in [4.78, 5) is 0. The van der Waals surface area contributed by atoms with Crippen molar-refractivity contribution in [1.82, 2.24) is 9.88 Å². The van der Waals surface area contributed by atoms with Crippen LogP contribution < -0.4 is 5.32 Å². The predicted octanol–water partition coefficient (Wildman–Crippen LogP) is 2.20. The summed E-state index contributed by atoms with van der Waals surface area (Å²) in [6, 6.07) is 2.77. The average Bonchev–Trinajstić information content (AvgIpc) is 2.72. The van der Waals surface area contributed by atoms with Crippen molar-refractivity contribution in [2.75, 3.05) is 20.3 Å². The molecule has 0 unspecified atom stereocenters. The second-order valence-electron chi connectivity index (χ2n) is 3.89. The van der Waals surface area contributed by atoms with Gasteiger partial charge in [-0.05, 0) is 25.0 Å². The summed E-state index contributed by atoms with van der Waals surface area (Å²) in [5.74, 6) is 0. The topological polar surface area (TPSA) is 26.2 Å². The van der Waals surface area contributed by atoms with Crippen molar-refractivity contribution in [3.63, 3.8) is 0 Å². The summed E-state index contributed by atoms with van der Waals surface area (Å²) in [5.41, 5.74) is 1.34. The second kappa shape index (κ2) is 6.64. The number of rotatable bonds is 7. The van der Waals surface area contributed by atoms with E-state index < -0.39 is 0 Å². The first-order valence-corrected chi connectivity index (χ1v) is 5.64. The molecule has 1 atom stereocenters. The quantitative estimate of drug-likeness (QED) is 0.698. The standard InChI is InChI=1S/C12H22N2O/c1-4-11(2)14-7-5-12(10-14)9-13-6-8-15-3/h5,7,10-11,13H,4,6,8-9H2,1-3H3/t11-/m1/s1. The minimum absolute atomic E-state index is 0.595. The SMILES string of the molecule is CC[C@@H](C)n1ccc(CNCCOC)c1. The molecule has 15 heavy (non-hydrogen) atoms. The zero-order chi connectivity index (χ0) is 11.1. The third-order valence-corrected chi connectivity index (χ3v) is 2.69. The molecule has 1 aromatic heterocycles. The Morgan fingerprint density at radius 2 is 2.33 bits per heavy atom. The van der Waals surface area contributed by atoms with E-state index in [1.54, 1.807) is 7.11 Å². The van der Waals surface area contributed by atoms with Gasteiger partial charge in [-0.15, -0.1) is 0 Å². The molecule has 1 aromatic rings. The molecule has 1 N–H and O–H groups in total. The van der Waals surface area contributed by atoms with Crippen molar-refractivity contribution >= 4 is 0 Å². The Hall–Kier alpha value is -0.800. The predicted molar refractivity (Wildman–Crippen MR) is 63.0 cm³/mol. The lowest BCUT2D eigenvalue weighted by Crippen LogP contribution is -2.18. The van der Waals surface area contributed by atoms with Crippen LogP contribution in [-0.4, -0.2) is 24.8 Å². The van der Waals surface area contributed by atoms with E-state index >= 15 is 0 Å². The fourth-order valence-corrected chi connectivity index (χ4v) is 1.46. The van der Waals surface area contributed by atoms with Crippen molar-refractivity contribution in [1.29, 1.82) is 0 Å². The molecule has 3 heteroatoms. The lowest BCUT2D eigenvalue weighted by atomic mass is 10.2. The van der Waals surface area contributed by atoms with Gasteiger partial charge in [0.25, 0.3) is 0 Å². The van der Waals surface area contributed by atoms with Gasteiger partial charge in [0.15, 0.2) is 0 Å². The van der Waals surface area contributed by atoms with Gasteiger partial charge >= 0.3 is 0 Å². The van der Waals surface area contributed by atoms with E-state index in [2.05, 4.69) is 42.2 Å². The molecule has 0 saturated carbocycles. The summed E-state index contributed by atoms with van der Waals surface area (Å²) in [6.07, 6.45) is 5.54. The fourth-order valence-electron chi connectivity index (χ4n) is 1.46. The van der Waals surface area contributed by atoms with Crippen LogP contribution in [0.15, 0.2) is 18.5 Å². The van der Waals surface area contributed by atoms with Gasteiger partial charge in [0.1, 0.15) is 0 Å². The largest absolute Gasteiger partial charge is 0.383 e. The van der Waals surface area contributed by atoms with Crippen molar-refractivity contribution in [2.24, 2.45) is 0 Å². The lowest BCUT2D eigenvalue weighted by molar-refractivity contribution is 0.199. The van der Waals surface area contributed by atoms with Crippen LogP contribution in [0.25, 0.3) is 0 Å². The number of nitrogens with zero attached hydrogens (tertiary/aromatic N) is 1. The van der Waals surface area contributed by atoms with E-state index in [4.69, 9.17) is 4.74 Å². The van der Waals surface area contributed by atoms with Crippen LogP contribution in [0.3, 0.4) is 0 Å². The van der Waals surface area contributed by atoms with Crippen molar-refractivity contribution in [3.05, 3.63) is 24.0 Å². The highest BCUT2D eigenvalue weighted by Gasteiger charge is 2.01. The first-order chi connectivity index (χ1) is 7.27. The number of hydrogen-bond donors (Lipinski definition) is 1. The van der Waals surface area contributed by atoms with Gasteiger partial charge in [0.2, 0.25) is 0 Å². The maximum absolute atomic E-state index is 4.97. The summed E-state index contributed by atoms with van der Waals surface area (Å²) in [5, 5.41) is 3.33. The van der Waals surface area contributed by atoms with Crippen molar-refractivity contribution in [2.45, 2.75) is 32.9 Å². The number of hydrogen-bond acceptors (Lipinski definition) is 2. The average molecular weight is 210 g/mol. The van der Waals surface area contributed by atoms with Crippen molar-refractivity contribution in [3.8, 4) is 0 Å². The van der Waals surface area contributed by atoms with Gasteiger partial charge in [0, 0.05) is 38.6 Å². The van der Waals surface area contributed by atoms with Crippen LogP contribution in [0.4, 0.5) is 0 Å². The molecule has 0 aliphatic rings. The highest BCUT2D eigenvalue weighted by molar-refractivity contribution is 5.10. The van der Waals surface area contributed by atoms with E-state index in [1.807, 2.05) is 0 Å². The molecule has 0 radical (unpaired) electrons. The van der Waals surface area contributed by atoms with Gasteiger partial charge in [0.05, 0.1) is 6.61 Å². The van der Waals surface area contributed by atoms with Gasteiger partial charge in [-0.2, -0.15) is 0 Å². The summed E-state index contributed by atoms with van der Waals surface area (Å²) in [7, 11) is 1.72. The molecule has 0 fully saturated rings. The molecular formula is C12H22N2O. The van der Waals surface area contributed by atoms with Gasteiger partial charge < -0.3 is 14.6 Å². The minimum Gasteiger partial charge on any atom is -0.383 e.